The van der Waals surface area contributed by atoms with Gasteiger partial charge in [-0.15, -0.1) is 10.2 Å². The van der Waals surface area contributed by atoms with E-state index >= 15 is 0 Å². The average molecular weight is 405 g/mol. The molecule has 1 fully saturated rings. The predicted molar refractivity (Wildman–Crippen MR) is 113 cm³/mol. The zero-order chi connectivity index (χ0) is 21.0. The number of aromatic nitrogens is 5. The summed E-state index contributed by atoms with van der Waals surface area (Å²) in [6.45, 7) is 6.09. The quantitative estimate of drug-likeness (QED) is 0.430. The van der Waals surface area contributed by atoms with Gasteiger partial charge < -0.3 is 10.1 Å². The number of nitrogens with zero attached hydrogens (tertiary/aromatic N) is 3. The fourth-order valence-corrected chi connectivity index (χ4v) is 4.70. The van der Waals surface area contributed by atoms with Crippen molar-refractivity contribution < 1.29 is 9.50 Å². The van der Waals surface area contributed by atoms with Crippen molar-refractivity contribution in [3.05, 3.63) is 58.8 Å². The zero-order valence-corrected chi connectivity index (χ0v) is 17.2. The number of aromatic amines is 2. The molecular formula is C23H24FN5O. The highest BCUT2D eigenvalue weighted by molar-refractivity contribution is 6.02. The van der Waals surface area contributed by atoms with Crippen LogP contribution in [0.2, 0.25) is 0 Å². The first-order valence-corrected chi connectivity index (χ1v) is 10.3. The Balaban J connectivity index is 1.68. The number of benzene rings is 2. The molecule has 6 nitrogen and oxygen atoms in total. The molecule has 0 amide bonds. The molecule has 0 spiro atoms. The zero-order valence-electron chi connectivity index (χ0n) is 17.2. The van der Waals surface area contributed by atoms with Gasteiger partial charge in [0.1, 0.15) is 11.6 Å². The van der Waals surface area contributed by atoms with Crippen LogP contribution in [0.4, 0.5) is 4.39 Å². The number of phenols is 1. The van der Waals surface area contributed by atoms with E-state index in [1.807, 2.05) is 6.07 Å². The Hall–Kier alpha value is -3.22. The second-order valence-corrected chi connectivity index (χ2v) is 8.59. The molecule has 4 aromatic rings. The Morgan fingerprint density at radius 2 is 1.93 bits per heavy atom. The molecule has 154 valence electrons. The Bertz CT molecular complexity index is 1220. The number of hydrogen-bond donors (Lipinski definition) is 3. The minimum Gasteiger partial charge on any atom is -0.507 e. The maximum atomic E-state index is 13.9. The first kappa shape index (κ1) is 18.8. The predicted octanol–water partition coefficient (Wildman–Crippen LogP) is 5.29. The molecule has 0 aliphatic heterocycles. The van der Waals surface area contributed by atoms with Crippen LogP contribution in [-0.4, -0.2) is 30.7 Å². The molecule has 30 heavy (non-hydrogen) atoms. The summed E-state index contributed by atoms with van der Waals surface area (Å²) in [5, 5.41) is 26.4. The number of phenolic OH excluding ortho intramolecular Hbond substituents is 1. The van der Waals surface area contributed by atoms with Crippen molar-refractivity contribution in [2.45, 2.75) is 51.4 Å². The lowest BCUT2D eigenvalue weighted by molar-refractivity contribution is 0.337. The molecule has 5 rings (SSSR count). The smallest absolute Gasteiger partial charge is 0.177 e. The number of tetrazole rings is 1. The molecule has 1 aliphatic rings. The summed E-state index contributed by atoms with van der Waals surface area (Å²) in [4.78, 5) is 3.59. The van der Waals surface area contributed by atoms with E-state index in [-0.39, 0.29) is 17.5 Å². The topological polar surface area (TPSA) is 90.5 Å². The number of rotatable bonds is 4. The van der Waals surface area contributed by atoms with Gasteiger partial charge >= 0.3 is 0 Å². The summed E-state index contributed by atoms with van der Waals surface area (Å²) in [6, 6.07) is 8.65. The van der Waals surface area contributed by atoms with E-state index in [4.69, 9.17) is 0 Å². The van der Waals surface area contributed by atoms with Crippen molar-refractivity contribution in [3.63, 3.8) is 0 Å². The van der Waals surface area contributed by atoms with Gasteiger partial charge in [-0.25, -0.2) is 4.39 Å². The number of hydrogen-bond acceptors (Lipinski definition) is 4. The van der Waals surface area contributed by atoms with E-state index in [9.17, 15) is 9.50 Å². The normalized spacial score (nSPS) is 18.8. The van der Waals surface area contributed by atoms with E-state index in [1.54, 1.807) is 25.1 Å². The number of aromatic hydroxyl groups is 1. The van der Waals surface area contributed by atoms with Gasteiger partial charge in [0.05, 0.1) is 0 Å². The van der Waals surface area contributed by atoms with Gasteiger partial charge in [0.2, 0.25) is 0 Å². The van der Waals surface area contributed by atoms with Crippen molar-refractivity contribution in [1.29, 1.82) is 0 Å². The third kappa shape index (κ3) is 2.88. The lowest BCUT2D eigenvalue weighted by atomic mass is 9.69. The van der Waals surface area contributed by atoms with Crippen LogP contribution in [0.3, 0.4) is 0 Å². The highest BCUT2D eigenvalue weighted by Crippen LogP contribution is 2.52. The van der Waals surface area contributed by atoms with E-state index in [0.717, 1.165) is 40.7 Å². The van der Waals surface area contributed by atoms with Gasteiger partial charge in [0.15, 0.2) is 5.82 Å². The summed E-state index contributed by atoms with van der Waals surface area (Å²) in [7, 11) is 0. The van der Waals surface area contributed by atoms with Crippen LogP contribution in [0.15, 0.2) is 30.3 Å². The monoisotopic (exact) mass is 405 g/mol. The van der Waals surface area contributed by atoms with Crippen LogP contribution in [0.1, 0.15) is 67.1 Å². The SMILES string of the molecule is Cc1cc(-c2c(O)ccc3[nH]c(C(C)C)c(C4CC(c5nn[nH]n5)C4)c23)ccc1F. The first-order valence-electron chi connectivity index (χ1n) is 10.3. The van der Waals surface area contributed by atoms with E-state index < -0.39 is 0 Å². The van der Waals surface area contributed by atoms with Crippen LogP contribution in [-0.2, 0) is 0 Å². The van der Waals surface area contributed by atoms with Crippen molar-refractivity contribution in [2.75, 3.05) is 0 Å². The van der Waals surface area contributed by atoms with Crippen LogP contribution in [0.25, 0.3) is 22.0 Å². The van der Waals surface area contributed by atoms with Gasteiger partial charge in [-0.1, -0.05) is 25.1 Å². The minimum atomic E-state index is -0.246. The fourth-order valence-electron chi connectivity index (χ4n) is 4.70. The lowest BCUT2D eigenvalue weighted by Gasteiger charge is -2.34. The molecule has 0 radical (unpaired) electrons. The Morgan fingerprint density at radius 3 is 2.60 bits per heavy atom. The molecule has 0 atom stereocenters. The van der Waals surface area contributed by atoms with Gasteiger partial charge in [-0.05, 0) is 72.6 Å². The maximum absolute atomic E-state index is 13.9. The van der Waals surface area contributed by atoms with E-state index in [0.29, 0.717) is 17.4 Å². The molecule has 1 saturated carbocycles. The molecule has 0 bridgehead atoms. The maximum Gasteiger partial charge on any atom is 0.177 e. The second-order valence-electron chi connectivity index (χ2n) is 8.59. The van der Waals surface area contributed by atoms with Gasteiger partial charge in [0.25, 0.3) is 0 Å². The third-order valence-electron chi connectivity index (χ3n) is 6.31. The highest BCUT2D eigenvalue weighted by atomic mass is 19.1. The van der Waals surface area contributed by atoms with Gasteiger partial charge in [-0.3, -0.25) is 0 Å². The lowest BCUT2D eigenvalue weighted by Crippen LogP contribution is -2.22. The van der Waals surface area contributed by atoms with Gasteiger partial charge in [-0.2, -0.15) is 5.21 Å². The second kappa shape index (κ2) is 6.93. The number of halogens is 1. The van der Waals surface area contributed by atoms with Crippen LogP contribution in [0, 0.1) is 12.7 Å². The molecule has 7 heteroatoms. The molecule has 2 aromatic heterocycles. The molecule has 0 saturated heterocycles. The number of aryl methyl sites for hydroxylation is 1. The molecule has 3 N–H and O–H groups in total. The van der Waals surface area contributed by atoms with Crippen molar-refractivity contribution in [1.82, 2.24) is 25.6 Å². The Kier molecular flexibility index (Phi) is 4.34. The fraction of sp³-hybridized carbons (Fsp3) is 0.348. The molecular weight excluding hydrogens is 381 g/mol. The first-order chi connectivity index (χ1) is 14.4. The number of nitrogens with one attached hydrogen (secondary N) is 2. The number of fused-ring (bicyclic) bond motifs is 1. The van der Waals surface area contributed by atoms with Crippen LogP contribution < -0.4 is 0 Å². The van der Waals surface area contributed by atoms with Crippen molar-refractivity contribution in [3.8, 4) is 16.9 Å². The van der Waals surface area contributed by atoms with Crippen molar-refractivity contribution >= 4 is 10.9 Å². The third-order valence-corrected chi connectivity index (χ3v) is 6.31. The molecule has 2 heterocycles. The summed E-state index contributed by atoms with van der Waals surface area (Å²) in [6.07, 6.45) is 1.87. The van der Waals surface area contributed by atoms with E-state index in [1.165, 1.54) is 17.3 Å². The summed E-state index contributed by atoms with van der Waals surface area (Å²) < 4.78 is 13.9. The molecule has 0 unspecified atom stereocenters. The number of H-pyrrole nitrogens is 2. The van der Waals surface area contributed by atoms with E-state index in [2.05, 4.69) is 39.5 Å². The molecule has 2 aromatic carbocycles. The standard InChI is InChI=1S/C23H24FN5O/c1-11(2)22-20(14-9-15(10-14)23-26-28-29-27-23)21-17(25-22)6-7-18(30)19(21)13-4-5-16(24)12(3)8-13/h4-8,11,14-15,25,30H,9-10H2,1-3H3,(H,26,27,28,29). The summed E-state index contributed by atoms with van der Waals surface area (Å²) in [5.41, 5.74) is 5.57. The minimum absolute atomic E-state index is 0.207. The van der Waals surface area contributed by atoms with Gasteiger partial charge in [0, 0.05) is 28.1 Å². The van der Waals surface area contributed by atoms with Crippen LogP contribution in [0.5, 0.6) is 5.75 Å². The largest absolute Gasteiger partial charge is 0.507 e. The Morgan fingerprint density at radius 1 is 1.13 bits per heavy atom. The highest BCUT2D eigenvalue weighted by Gasteiger charge is 2.38. The molecule has 1 aliphatic carbocycles. The Labute approximate surface area is 173 Å². The average Bonchev–Trinajstić information content (AvgIpc) is 3.32. The van der Waals surface area contributed by atoms with Crippen molar-refractivity contribution in [2.24, 2.45) is 0 Å². The summed E-state index contributed by atoms with van der Waals surface area (Å²) >= 11 is 0. The summed E-state index contributed by atoms with van der Waals surface area (Å²) in [5.74, 6) is 1.65. The van der Waals surface area contributed by atoms with Crippen LogP contribution >= 0.6 is 0 Å².